The van der Waals surface area contributed by atoms with Crippen LogP contribution in [0.15, 0.2) is 36.1 Å². The number of benzene rings is 1. The molecule has 1 saturated heterocycles. The predicted molar refractivity (Wildman–Crippen MR) is 125 cm³/mol. The van der Waals surface area contributed by atoms with E-state index in [9.17, 15) is 45.3 Å². The number of ether oxygens (including phenoxy) is 4. The molecule has 208 valence electrons. The Morgan fingerprint density at radius 3 is 2.50 bits per heavy atom. The number of aliphatic hydroxyl groups excluding tert-OH is 4. The molecule has 0 aromatic heterocycles. The average molecular weight is 539 g/mol. The van der Waals surface area contributed by atoms with E-state index in [0.717, 1.165) is 12.3 Å². The van der Waals surface area contributed by atoms with E-state index >= 15 is 0 Å². The van der Waals surface area contributed by atoms with Crippen molar-refractivity contribution in [1.29, 1.82) is 0 Å². The molecule has 38 heavy (non-hydrogen) atoms. The summed E-state index contributed by atoms with van der Waals surface area (Å²) in [5, 5.41) is 69.5. The number of carboxylic acids is 1. The zero-order valence-electron chi connectivity index (χ0n) is 20.2. The Morgan fingerprint density at radius 1 is 1.11 bits per heavy atom. The summed E-state index contributed by atoms with van der Waals surface area (Å²) < 4.78 is 22.4. The first-order valence-corrected chi connectivity index (χ1v) is 12.0. The lowest BCUT2D eigenvalue weighted by atomic mass is 9.83. The molecule has 0 spiro atoms. The molecule has 3 aliphatic rings. The van der Waals surface area contributed by atoms with Crippen LogP contribution in [-0.2, 0) is 28.5 Å². The summed E-state index contributed by atoms with van der Waals surface area (Å²) in [4.78, 5) is 24.2. The van der Waals surface area contributed by atoms with Crippen molar-refractivity contribution >= 4 is 18.0 Å². The Balaban J connectivity index is 1.54. The third-order valence-electron chi connectivity index (χ3n) is 7.22. The van der Waals surface area contributed by atoms with E-state index in [-0.39, 0.29) is 17.7 Å². The summed E-state index contributed by atoms with van der Waals surface area (Å²) in [5.74, 6) is -4.59. The van der Waals surface area contributed by atoms with Gasteiger partial charge in [-0.05, 0) is 36.1 Å². The first-order chi connectivity index (χ1) is 18.0. The van der Waals surface area contributed by atoms with Gasteiger partial charge in [-0.15, -0.1) is 0 Å². The number of phenols is 2. The second-order valence-electron chi connectivity index (χ2n) is 9.55. The maximum Gasteiger partial charge on any atom is 0.334 e. The van der Waals surface area contributed by atoms with Gasteiger partial charge in [0, 0.05) is 17.9 Å². The molecule has 13 heteroatoms. The van der Waals surface area contributed by atoms with Crippen molar-refractivity contribution in [2.45, 2.75) is 56.4 Å². The molecule has 1 aromatic carbocycles. The standard InChI is InChI=1S/C25H30O13/c1-10-15(28)7-12-13(23(33)34)9-35-24(19(10)12)38-25-22(21(32)20(31)17(8-26)36-25)37-18(30)5-3-11-2-4-14(27)16(29)6-11/h2-6,9-10,12,15,17,19-22,24-29,31-32H,7-8H2,1H3,(H,33,34)/b5-3+/t10-,12+,15-,17+,19+,20-,21-,22+,24-,25-/m0/s1. The number of aromatic hydroxyl groups is 2. The minimum absolute atomic E-state index is 0.0279. The molecule has 7 N–H and O–H groups in total. The maximum absolute atomic E-state index is 12.6. The fourth-order valence-electron chi connectivity index (χ4n) is 5.08. The van der Waals surface area contributed by atoms with Crippen LogP contribution in [0.1, 0.15) is 18.9 Å². The van der Waals surface area contributed by atoms with Gasteiger partial charge in [0.2, 0.25) is 12.6 Å². The number of carboxylic acid groups (broad SMARTS) is 1. The van der Waals surface area contributed by atoms with Gasteiger partial charge < -0.3 is 54.7 Å². The Hall–Kier alpha value is -3.20. The first-order valence-electron chi connectivity index (χ1n) is 12.0. The fourth-order valence-corrected chi connectivity index (χ4v) is 5.08. The lowest BCUT2D eigenvalue weighted by Crippen LogP contribution is -2.61. The lowest BCUT2D eigenvalue weighted by Gasteiger charge is -2.44. The van der Waals surface area contributed by atoms with E-state index < -0.39 is 85.1 Å². The third kappa shape index (κ3) is 5.48. The number of rotatable bonds is 7. The molecule has 0 amide bonds. The quantitative estimate of drug-likeness (QED) is 0.132. The minimum atomic E-state index is -1.74. The zero-order chi connectivity index (χ0) is 27.7. The van der Waals surface area contributed by atoms with Crippen LogP contribution in [0.25, 0.3) is 6.08 Å². The van der Waals surface area contributed by atoms with Gasteiger partial charge in [0.25, 0.3) is 0 Å². The average Bonchev–Trinajstić information content (AvgIpc) is 3.18. The number of carbonyl (C=O) groups is 2. The van der Waals surface area contributed by atoms with Crippen LogP contribution in [0.5, 0.6) is 11.5 Å². The number of esters is 1. The van der Waals surface area contributed by atoms with Crippen LogP contribution in [0, 0.1) is 17.8 Å². The van der Waals surface area contributed by atoms with Gasteiger partial charge in [0.15, 0.2) is 17.6 Å². The summed E-state index contributed by atoms with van der Waals surface area (Å²) in [6.07, 6.45) is -6.37. The smallest absolute Gasteiger partial charge is 0.334 e. The van der Waals surface area contributed by atoms with Crippen molar-refractivity contribution in [1.82, 2.24) is 0 Å². The van der Waals surface area contributed by atoms with Gasteiger partial charge in [-0.1, -0.05) is 13.0 Å². The van der Waals surface area contributed by atoms with Gasteiger partial charge >= 0.3 is 11.9 Å². The Morgan fingerprint density at radius 2 is 1.84 bits per heavy atom. The summed E-state index contributed by atoms with van der Waals surface area (Å²) in [6, 6.07) is 3.84. The summed E-state index contributed by atoms with van der Waals surface area (Å²) in [6.45, 7) is 1.01. The van der Waals surface area contributed by atoms with Crippen LogP contribution in [0.3, 0.4) is 0 Å². The third-order valence-corrected chi connectivity index (χ3v) is 7.22. The predicted octanol–water partition coefficient (Wildman–Crippen LogP) is -0.564. The molecule has 2 aliphatic heterocycles. The monoisotopic (exact) mass is 538 g/mol. The second-order valence-corrected chi connectivity index (χ2v) is 9.55. The van der Waals surface area contributed by atoms with Crippen LogP contribution >= 0.6 is 0 Å². The summed E-state index contributed by atoms with van der Waals surface area (Å²) >= 11 is 0. The van der Waals surface area contributed by atoms with E-state index in [1.807, 2.05) is 0 Å². The number of carbonyl (C=O) groups excluding carboxylic acids is 1. The minimum Gasteiger partial charge on any atom is -0.504 e. The number of aliphatic carboxylic acids is 1. The molecule has 2 fully saturated rings. The summed E-state index contributed by atoms with van der Waals surface area (Å²) in [7, 11) is 0. The summed E-state index contributed by atoms with van der Waals surface area (Å²) in [5.41, 5.74) is 0.321. The number of fused-ring (bicyclic) bond motifs is 1. The Labute approximate surface area is 216 Å². The molecule has 0 radical (unpaired) electrons. The van der Waals surface area contributed by atoms with Crippen LogP contribution in [0.2, 0.25) is 0 Å². The molecule has 0 bridgehead atoms. The highest BCUT2D eigenvalue weighted by Gasteiger charge is 2.54. The Bertz CT molecular complexity index is 1100. The molecule has 1 saturated carbocycles. The zero-order valence-corrected chi connectivity index (χ0v) is 20.2. The highest BCUT2D eigenvalue weighted by molar-refractivity contribution is 5.87. The van der Waals surface area contributed by atoms with E-state index in [2.05, 4.69) is 0 Å². The normalized spacial score (nSPS) is 36.8. The van der Waals surface area contributed by atoms with E-state index in [4.69, 9.17) is 18.9 Å². The molecule has 2 heterocycles. The number of aliphatic hydroxyl groups is 4. The van der Waals surface area contributed by atoms with Crippen molar-refractivity contribution in [2.24, 2.45) is 17.8 Å². The highest BCUT2D eigenvalue weighted by atomic mass is 16.8. The number of hydrogen-bond acceptors (Lipinski definition) is 12. The first kappa shape index (κ1) is 27.8. The van der Waals surface area contributed by atoms with Gasteiger partial charge in [-0.3, -0.25) is 0 Å². The van der Waals surface area contributed by atoms with Crippen molar-refractivity contribution in [2.75, 3.05) is 6.61 Å². The maximum atomic E-state index is 12.6. The van der Waals surface area contributed by atoms with Crippen molar-refractivity contribution in [3.63, 3.8) is 0 Å². The molecule has 4 rings (SSSR count). The Kier molecular flexibility index (Phi) is 8.25. The highest BCUT2D eigenvalue weighted by Crippen LogP contribution is 2.47. The van der Waals surface area contributed by atoms with Crippen molar-refractivity contribution in [3.8, 4) is 11.5 Å². The van der Waals surface area contributed by atoms with E-state index in [1.165, 1.54) is 24.3 Å². The molecule has 1 aromatic rings. The molecular weight excluding hydrogens is 508 g/mol. The molecule has 1 aliphatic carbocycles. The van der Waals surface area contributed by atoms with Crippen LogP contribution in [-0.4, -0.2) is 97.4 Å². The number of hydrogen-bond donors (Lipinski definition) is 7. The van der Waals surface area contributed by atoms with Gasteiger partial charge in [0.05, 0.1) is 24.5 Å². The van der Waals surface area contributed by atoms with E-state index in [0.29, 0.717) is 5.56 Å². The molecule has 10 atom stereocenters. The van der Waals surface area contributed by atoms with Crippen LogP contribution in [0.4, 0.5) is 0 Å². The topological polar surface area (TPSA) is 213 Å². The lowest BCUT2D eigenvalue weighted by molar-refractivity contribution is -0.343. The van der Waals surface area contributed by atoms with Gasteiger partial charge in [-0.25, -0.2) is 9.59 Å². The van der Waals surface area contributed by atoms with Gasteiger partial charge in [-0.2, -0.15) is 0 Å². The fraction of sp³-hybridized carbons (Fsp3) is 0.520. The van der Waals surface area contributed by atoms with Crippen molar-refractivity contribution < 1.29 is 64.3 Å². The molecular formula is C25H30O13. The van der Waals surface area contributed by atoms with Crippen LogP contribution < -0.4 is 0 Å². The number of phenolic OH excluding ortho intramolecular Hbond substituents is 2. The molecule has 13 nitrogen and oxygen atoms in total. The second kappa shape index (κ2) is 11.3. The van der Waals surface area contributed by atoms with Gasteiger partial charge in [0.1, 0.15) is 18.3 Å². The SMILES string of the molecule is C[C@@H]1[C@H]2[C@H](O[C@@H]3O[C@H](CO)[C@H](O)[C@H](O)[C@H]3OC(=O)/C=C/c3ccc(O)c(O)c3)OC=C(C(=O)O)[C@H]2C[C@@H]1O. The van der Waals surface area contributed by atoms with Crippen molar-refractivity contribution in [3.05, 3.63) is 41.7 Å². The largest absolute Gasteiger partial charge is 0.504 e. The van der Waals surface area contributed by atoms with E-state index in [1.54, 1.807) is 6.92 Å². The molecule has 0 unspecified atom stereocenters.